The largest absolute Gasteiger partial charge is 0.340 e. The van der Waals surface area contributed by atoms with Crippen LogP contribution < -0.4 is 10.6 Å². The van der Waals surface area contributed by atoms with Crippen LogP contribution in [-0.2, 0) is 20.4 Å². The first-order chi connectivity index (χ1) is 11.5. The fourth-order valence-electron chi connectivity index (χ4n) is 2.12. The van der Waals surface area contributed by atoms with Gasteiger partial charge in [0, 0.05) is 28.5 Å². The fourth-order valence-corrected chi connectivity index (χ4v) is 2.86. The van der Waals surface area contributed by atoms with Gasteiger partial charge in [-0.1, -0.05) is 36.4 Å². The maximum atomic E-state index is 13.1. The Kier molecular flexibility index (Phi) is 6.20. The molecule has 0 aliphatic heterocycles. The summed E-state index contributed by atoms with van der Waals surface area (Å²) >= 11 is 0. The van der Waals surface area contributed by atoms with Gasteiger partial charge in [-0.2, -0.15) is 0 Å². The van der Waals surface area contributed by atoms with Crippen LogP contribution in [0.5, 0.6) is 0 Å². The molecule has 0 saturated carbocycles. The maximum absolute atomic E-state index is 13.1. The Labute approximate surface area is 141 Å². The second-order valence-corrected chi connectivity index (χ2v) is 6.62. The molecule has 0 fully saturated rings. The number of amides is 2. The quantitative estimate of drug-likeness (QED) is 0.812. The van der Waals surface area contributed by atoms with E-state index in [-0.39, 0.29) is 11.4 Å². The molecular formula is C17H17FN2O3S. The molecule has 0 aromatic heterocycles. The van der Waals surface area contributed by atoms with Gasteiger partial charge in [0.25, 0.3) is 0 Å². The number of nitrogens with one attached hydrogen (secondary N) is 2. The molecule has 0 unspecified atom stereocenters. The van der Waals surface area contributed by atoms with Crippen LogP contribution in [0.25, 0.3) is 0 Å². The molecule has 0 radical (unpaired) electrons. The van der Waals surface area contributed by atoms with Gasteiger partial charge < -0.3 is 10.6 Å². The van der Waals surface area contributed by atoms with E-state index in [0.29, 0.717) is 0 Å². The summed E-state index contributed by atoms with van der Waals surface area (Å²) < 4.78 is 24.6. The van der Waals surface area contributed by atoms with E-state index in [2.05, 4.69) is 10.6 Å². The van der Waals surface area contributed by atoms with Gasteiger partial charge in [0.1, 0.15) is 5.82 Å². The number of benzene rings is 2. The van der Waals surface area contributed by atoms with Gasteiger partial charge in [-0.05, 0) is 23.8 Å². The van der Waals surface area contributed by atoms with Gasteiger partial charge in [-0.3, -0.25) is 13.8 Å². The molecule has 2 aromatic rings. The average molecular weight is 348 g/mol. The third-order valence-electron chi connectivity index (χ3n) is 3.20. The zero-order valence-electron chi connectivity index (χ0n) is 13.0. The van der Waals surface area contributed by atoms with Crippen LogP contribution in [0.2, 0.25) is 0 Å². The highest BCUT2D eigenvalue weighted by molar-refractivity contribution is 7.84. The van der Waals surface area contributed by atoms with Crippen LogP contribution in [0, 0.1) is 5.82 Å². The third kappa shape index (κ3) is 5.27. The van der Waals surface area contributed by atoms with Crippen molar-refractivity contribution >= 4 is 28.3 Å². The zero-order chi connectivity index (χ0) is 17.5. The predicted octanol–water partition coefficient (Wildman–Crippen LogP) is 2.00. The zero-order valence-corrected chi connectivity index (χ0v) is 13.8. The average Bonchev–Trinajstić information content (AvgIpc) is 2.54. The van der Waals surface area contributed by atoms with E-state index in [1.165, 1.54) is 24.5 Å². The van der Waals surface area contributed by atoms with E-state index >= 15 is 0 Å². The van der Waals surface area contributed by atoms with Gasteiger partial charge in [0.05, 0.1) is 6.04 Å². The Balaban J connectivity index is 2.06. The minimum absolute atomic E-state index is 0.184. The number of halogens is 1. The molecule has 0 bridgehead atoms. The Morgan fingerprint density at radius 2 is 1.79 bits per heavy atom. The van der Waals surface area contributed by atoms with Crippen molar-refractivity contribution < 1.29 is 18.2 Å². The highest BCUT2D eigenvalue weighted by atomic mass is 32.2. The lowest BCUT2D eigenvalue weighted by molar-refractivity contribution is -0.136. The molecule has 5 nitrogen and oxygen atoms in total. The number of hydrogen-bond donors (Lipinski definition) is 2. The van der Waals surface area contributed by atoms with E-state index in [1.54, 1.807) is 24.3 Å². The summed E-state index contributed by atoms with van der Waals surface area (Å²) in [5.41, 5.74) is 0.935. The maximum Gasteiger partial charge on any atom is 0.313 e. The molecule has 126 valence electrons. The normalized spacial score (nSPS) is 12.9. The van der Waals surface area contributed by atoms with Gasteiger partial charge in [-0.25, -0.2) is 4.39 Å². The van der Waals surface area contributed by atoms with Crippen molar-refractivity contribution in [2.45, 2.75) is 6.04 Å². The Morgan fingerprint density at radius 3 is 2.42 bits per heavy atom. The lowest BCUT2D eigenvalue weighted by Crippen LogP contribution is -2.39. The summed E-state index contributed by atoms with van der Waals surface area (Å²) in [5, 5.41) is 4.89. The fraction of sp³-hybridized carbons (Fsp3) is 0.176. The molecule has 2 N–H and O–H groups in total. The van der Waals surface area contributed by atoms with Crippen molar-refractivity contribution in [3.05, 3.63) is 66.0 Å². The van der Waals surface area contributed by atoms with Gasteiger partial charge in [0.2, 0.25) is 0 Å². The molecule has 0 saturated heterocycles. The van der Waals surface area contributed by atoms with Crippen molar-refractivity contribution in [2.24, 2.45) is 0 Å². The van der Waals surface area contributed by atoms with Gasteiger partial charge in [-0.15, -0.1) is 0 Å². The Hall–Kier alpha value is -2.54. The van der Waals surface area contributed by atoms with Crippen molar-refractivity contribution in [1.82, 2.24) is 5.32 Å². The minimum Gasteiger partial charge on any atom is -0.340 e. The number of hydrogen-bond acceptors (Lipinski definition) is 3. The topological polar surface area (TPSA) is 75.3 Å². The highest BCUT2D eigenvalue weighted by Crippen LogP contribution is 2.14. The highest BCUT2D eigenvalue weighted by Gasteiger charge is 2.21. The molecule has 2 atom stereocenters. The van der Waals surface area contributed by atoms with Crippen LogP contribution in [0.4, 0.5) is 10.1 Å². The van der Waals surface area contributed by atoms with Crippen LogP contribution in [-0.4, -0.2) is 28.0 Å². The van der Waals surface area contributed by atoms with Gasteiger partial charge in [0.15, 0.2) is 0 Å². The van der Waals surface area contributed by atoms with Crippen molar-refractivity contribution in [1.29, 1.82) is 0 Å². The summed E-state index contributed by atoms with van der Waals surface area (Å²) in [4.78, 5) is 24.0. The molecule has 0 heterocycles. The van der Waals surface area contributed by atoms with Crippen LogP contribution in [0.1, 0.15) is 11.6 Å². The first kappa shape index (κ1) is 17.8. The molecule has 2 aromatic carbocycles. The second kappa shape index (κ2) is 8.35. The lowest BCUT2D eigenvalue weighted by Gasteiger charge is -2.18. The summed E-state index contributed by atoms with van der Waals surface area (Å²) in [6.07, 6.45) is 1.52. The summed E-state index contributed by atoms with van der Waals surface area (Å²) in [6.45, 7) is 0. The summed E-state index contributed by atoms with van der Waals surface area (Å²) in [7, 11) is -1.16. The van der Waals surface area contributed by atoms with E-state index in [1.807, 2.05) is 6.07 Å². The molecule has 0 spiro atoms. The van der Waals surface area contributed by atoms with E-state index in [4.69, 9.17) is 0 Å². The minimum atomic E-state index is -1.16. The monoisotopic (exact) mass is 348 g/mol. The molecule has 7 heteroatoms. The number of rotatable bonds is 5. The standard InChI is InChI=1S/C17H17FN2O3S/c1-24(23)11-15(12-6-3-2-4-7-12)20-17(22)16(21)19-14-9-5-8-13(18)10-14/h2-10,15H,11H2,1H3,(H,19,21)(H,20,22)/t15-,24+/m0/s1. The number of anilines is 1. The molecule has 0 aliphatic carbocycles. The molecule has 24 heavy (non-hydrogen) atoms. The Morgan fingerprint density at radius 1 is 1.08 bits per heavy atom. The smallest absolute Gasteiger partial charge is 0.313 e. The predicted molar refractivity (Wildman–Crippen MR) is 91.3 cm³/mol. The van der Waals surface area contributed by atoms with Crippen molar-refractivity contribution in [2.75, 3.05) is 17.3 Å². The number of carbonyl (C=O) groups excluding carboxylic acids is 2. The van der Waals surface area contributed by atoms with Gasteiger partial charge >= 0.3 is 11.8 Å². The van der Waals surface area contributed by atoms with Crippen LogP contribution in [0.3, 0.4) is 0 Å². The molecular weight excluding hydrogens is 331 g/mol. The molecule has 0 aliphatic rings. The lowest BCUT2D eigenvalue weighted by atomic mass is 10.1. The Bertz CT molecular complexity index is 753. The van der Waals surface area contributed by atoms with E-state index < -0.39 is 34.5 Å². The van der Waals surface area contributed by atoms with Crippen molar-refractivity contribution in [3.63, 3.8) is 0 Å². The first-order valence-electron chi connectivity index (χ1n) is 7.18. The molecule has 2 amide bonds. The van der Waals surface area contributed by atoms with E-state index in [0.717, 1.165) is 11.6 Å². The van der Waals surface area contributed by atoms with Crippen molar-refractivity contribution in [3.8, 4) is 0 Å². The SMILES string of the molecule is C[S@@](=O)C[C@H](NC(=O)C(=O)Nc1cccc(F)c1)c1ccccc1. The molecule has 2 rings (SSSR count). The summed E-state index contributed by atoms with van der Waals surface area (Å²) in [6, 6.07) is 13.7. The second-order valence-electron chi connectivity index (χ2n) is 5.14. The number of carbonyl (C=O) groups is 2. The third-order valence-corrected chi connectivity index (χ3v) is 4.00. The summed E-state index contributed by atoms with van der Waals surface area (Å²) in [5.74, 6) is -2.12. The van der Waals surface area contributed by atoms with Crippen LogP contribution >= 0.6 is 0 Å². The van der Waals surface area contributed by atoms with Crippen LogP contribution in [0.15, 0.2) is 54.6 Å². The first-order valence-corrected chi connectivity index (χ1v) is 8.91. The van der Waals surface area contributed by atoms with E-state index in [9.17, 15) is 18.2 Å².